The van der Waals surface area contributed by atoms with Crippen molar-refractivity contribution in [2.45, 2.75) is 51.2 Å². The molecule has 130 valence electrons. The predicted molar refractivity (Wildman–Crippen MR) is 89.3 cm³/mol. The number of rotatable bonds is 6. The number of hydrogen-bond donors (Lipinski definition) is 1. The van der Waals surface area contributed by atoms with E-state index >= 15 is 0 Å². The number of aromatic nitrogens is 2. The maximum Gasteiger partial charge on any atom is 0.223 e. The van der Waals surface area contributed by atoms with Crippen molar-refractivity contribution in [2.24, 2.45) is 7.05 Å². The number of likely N-dealkylation sites (tertiary alicyclic amines) is 1. The molecule has 1 N–H and O–H groups in total. The Hall–Kier alpha value is -2.08. The summed E-state index contributed by atoms with van der Waals surface area (Å²) in [4.78, 5) is 14.5. The minimum Gasteiger partial charge on any atom is -0.467 e. The second-order valence-electron chi connectivity index (χ2n) is 6.56. The number of hydrogen-bond acceptors (Lipinski definition) is 4. The van der Waals surface area contributed by atoms with Crippen LogP contribution in [0.1, 0.15) is 48.8 Å². The summed E-state index contributed by atoms with van der Waals surface area (Å²) in [5.41, 5.74) is 2.11. The summed E-state index contributed by atoms with van der Waals surface area (Å²) < 4.78 is 7.04. The molecule has 1 aliphatic heterocycles. The van der Waals surface area contributed by atoms with Gasteiger partial charge in [-0.25, -0.2) is 0 Å². The highest BCUT2D eigenvalue weighted by Crippen LogP contribution is 2.28. The maximum atomic E-state index is 12.6. The maximum absolute atomic E-state index is 12.6. The second-order valence-corrected chi connectivity index (χ2v) is 6.56. The molecule has 3 rings (SSSR count). The Balaban J connectivity index is 1.56. The molecule has 1 saturated heterocycles. The fourth-order valence-electron chi connectivity index (χ4n) is 3.54. The van der Waals surface area contributed by atoms with E-state index in [0.29, 0.717) is 25.0 Å². The molecular weight excluding hydrogens is 306 g/mol. The van der Waals surface area contributed by atoms with Crippen LogP contribution in [0.15, 0.2) is 29.0 Å². The topological polar surface area (TPSA) is 71.5 Å². The first-order valence-electron chi connectivity index (χ1n) is 8.54. The summed E-state index contributed by atoms with van der Waals surface area (Å²) in [6, 6.07) is 3.64. The number of amides is 1. The van der Waals surface area contributed by atoms with Crippen molar-refractivity contribution in [3.63, 3.8) is 0 Å². The van der Waals surface area contributed by atoms with Gasteiger partial charge in [-0.2, -0.15) is 5.10 Å². The lowest BCUT2D eigenvalue weighted by Crippen LogP contribution is -2.36. The molecule has 1 fully saturated rings. The van der Waals surface area contributed by atoms with Crippen LogP contribution >= 0.6 is 0 Å². The minimum atomic E-state index is -0.654. The van der Waals surface area contributed by atoms with Crippen LogP contribution in [0, 0.1) is 6.92 Å². The van der Waals surface area contributed by atoms with Crippen LogP contribution < -0.4 is 0 Å². The van der Waals surface area contributed by atoms with E-state index in [-0.39, 0.29) is 11.9 Å². The van der Waals surface area contributed by atoms with Crippen molar-refractivity contribution >= 4 is 5.91 Å². The molecular formula is C18H25N3O3. The molecule has 2 atom stereocenters. The monoisotopic (exact) mass is 331 g/mol. The number of aliphatic hydroxyl groups is 1. The predicted octanol–water partition coefficient (Wildman–Crippen LogP) is 2.37. The van der Waals surface area contributed by atoms with Crippen molar-refractivity contribution in [3.05, 3.63) is 41.6 Å². The number of aryl methyl sites for hydroxylation is 3. The van der Waals surface area contributed by atoms with Crippen LogP contribution in [0.5, 0.6) is 0 Å². The van der Waals surface area contributed by atoms with Gasteiger partial charge in [0.25, 0.3) is 0 Å². The fraction of sp³-hybridized carbons (Fsp3) is 0.556. The smallest absolute Gasteiger partial charge is 0.223 e. The van der Waals surface area contributed by atoms with Crippen LogP contribution in [0.25, 0.3) is 0 Å². The Kier molecular flexibility index (Phi) is 5.04. The lowest BCUT2D eigenvalue weighted by atomic mass is 10.0. The van der Waals surface area contributed by atoms with Gasteiger partial charge in [0.05, 0.1) is 12.0 Å². The molecule has 1 aliphatic rings. The average Bonchev–Trinajstić information content (AvgIpc) is 3.26. The Morgan fingerprint density at radius 2 is 2.38 bits per heavy atom. The average molecular weight is 331 g/mol. The Morgan fingerprint density at radius 3 is 3.04 bits per heavy atom. The van der Waals surface area contributed by atoms with Crippen LogP contribution in [-0.2, 0) is 18.3 Å². The van der Waals surface area contributed by atoms with E-state index in [9.17, 15) is 9.90 Å². The van der Waals surface area contributed by atoms with Gasteiger partial charge < -0.3 is 14.4 Å². The summed E-state index contributed by atoms with van der Waals surface area (Å²) in [6.07, 6.45) is 6.55. The van der Waals surface area contributed by atoms with Crippen molar-refractivity contribution in [2.75, 3.05) is 6.54 Å². The van der Waals surface area contributed by atoms with Crippen molar-refractivity contribution < 1.29 is 14.3 Å². The molecule has 0 radical (unpaired) electrons. The molecule has 2 aromatic rings. The number of nitrogens with zero attached hydrogens (tertiary/aromatic N) is 3. The Morgan fingerprint density at radius 1 is 1.54 bits per heavy atom. The summed E-state index contributed by atoms with van der Waals surface area (Å²) in [5, 5.41) is 14.6. The zero-order valence-electron chi connectivity index (χ0n) is 14.3. The van der Waals surface area contributed by atoms with Gasteiger partial charge in [-0.1, -0.05) is 0 Å². The molecule has 0 bridgehead atoms. The van der Waals surface area contributed by atoms with E-state index in [4.69, 9.17) is 4.42 Å². The van der Waals surface area contributed by atoms with Gasteiger partial charge in [0.2, 0.25) is 5.91 Å². The van der Waals surface area contributed by atoms with E-state index in [1.807, 2.05) is 25.1 Å². The third-order valence-electron chi connectivity index (χ3n) is 4.79. The van der Waals surface area contributed by atoms with Gasteiger partial charge in [0, 0.05) is 38.7 Å². The van der Waals surface area contributed by atoms with Gasteiger partial charge >= 0.3 is 0 Å². The molecule has 3 heterocycles. The van der Waals surface area contributed by atoms with E-state index < -0.39 is 6.10 Å². The molecule has 24 heavy (non-hydrogen) atoms. The second kappa shape index (κ2) is 7.21. The number of carbonyl (C=O) groups excluding carboxylic acids is 1. The summed E-state index contributed by atoms with van der Waals surface area (Å²) in [5.74, 6) is 0.729. The third-order valence-corrected chi connectivity index (χ3v) is 4.79. The summed E-state index contributed by atoms with van der Waals surface area (Å²) in [6.45, 7) is 2.75. The van der Waals surface area contributed by atoms with Crippen molar-refractivity contribution in [3.8, 4) is 0 Å². The number of furan rings is 1. The van der Waals surface area contributed by atoms with Crippen LogP contribution in [-0.4, -0.2) is 38.3 Å². The van der Waals surface area contributed by atoms with Gasteiger partial charge in [-0.05, 0) is 43.9 Å². The molecule has 0 saturated carbocycles. The zero-order chi connectivity index (χ0) is 17.1. The van der Waals surface area contributed by atoms with E-state index in [2.05, 4.69) is 5.10 Å². The van der Waals surface area contributed by atoms with E-state index in [0.717, 1.165) is 30.6 Å². The van der Waals surface area contributed by atoms with Crippen LogP contribution in [0.3, 0.4) is 0 Å². The minimum absolute atomic E-state index is 0.0904. The number of aliphatic hydroxyl groups excluding tert-OH is 1. The summed E-state index contributed by atoms with van der Waals surface area (Å²) >= 11 is 0. The number of carbonyl (C=O) groups is 1. The zero-order valence-corrected chi connectivity index (χ0v) is 14.3. The van der Waals surface area contributed by atoms with Crippen molar-refractivity contribution in [1.82, 2.24) is 14.7 Å². The fourth-order valence-corrected chi connectivity index (χ4v) is 3.54. The quantitative estimate of drug-likeness (QED) is 0.882. The highest BCUT2D eigenvalue weighted by molar-refractivity contribution is 5.77. The van der Waals surface area contributed by atoms with E-state index in [1.54, 1.807) is 23.1 Å². The van der Waals surface area contributed by atoms with Gasteiger partial charge in [0.15, 0.2) is 0 Å². The molecule has 0 aliphatic carbocycles. The molecule has 6 heteroatoms. The SMILES string of the molecule is Cc1nn(C)cc1CCC(=O)N1CCCC1CC(O)c1ccco1. The third kappa shape index (κ3) is 3.70. The largest absolute Gasteiger partial charge is 0.467 e. The first-order valence-corrected chi connectivity index (χ1v) is 8.54. The first-order chi connectivity index (χ1) is 11.5. The van der Waals surface area contributed by atoms with Gasteiger partial charge in [-0.3, -0.25) is 9.48 Å². The highest BCUT2D eigenvalue weighted by atomic mass is 16.4. The highest BCUT2D eigenvalue weighted by Gasteiger charge is 2.31. The van der Waals surface area contributed by atoms with Crippen LogP contribution in [0.2, 0.25) is 0 Å². The van der Waals surface area contributed by atoms with Gasteiger partial charge in [-0.15, -0.1) is 0 Å². The molecule has 2 aromatic heterocycles. The standard InChI is InChI=1S/C18H25N3O3/c1-13-14(12-20(2)19-13)7-8-18(23)21-9-3-5-15(21)11-16(22)17-6-4-10-24-17/h4,6,10,12,15-16,22H,3,5,7-9,11H2,1-2H3. The Labute approximate surface area is 142 Å². The normalized spacial score (nSPS) is 19.0. The van der Waals surface area contributed by atoms with E-state index in [1.165, 1.54) is 0 Å². The molecule has 1 amide bonds. The molecule has 6 nitrogen and oxygen atoms in total. The summed E-state index contributed by atoms with van der Waals surface area (Å²) in [7, 11) is 1.89. The van der Waals surface area contributed by atoms with Gasteiger partial charge in [0.1, 0.15) is 11.9 Å². The molecule has 2 unspecified atom stereocenters. The Bertz CT molecular complexity index is 678. The molecule has 0 spiro atoms. The first kappa shape index (κ1) is 16.8. The lowest BCUT2D eigenvalue weighted by molar-refractivity contribution is -0.132. The van der Waals surface area contributed by atoms with Crippen molar-refractivity contribution in [1.29, 1.82) is 0 Å². The van der Waals surface area contributed by atoms with Crippen LogP contribution in [0.4, 0.5) is 0 Å². The lowest BCUT2D eigenvalue weighted by Gasteiger charge is -2.26. The molecule has 0 aromatic carbocycles.